The van der Waals surface area contributed by atoms with Gasteiger partial charge in [-0.15, -0.1) is 0 Å². The second kappa shape index (κ2) is 5.01. The molecule has 0 saturated carbocycles. The Kier molecular flexibility index (Phi) is 3.66. The van der Waals surface area contributed by atoms with Crippen molar-refractivity contribution in [3.8, 4) is 0 Å². The van der Waals surface area contributed by atoms with Crippen molar-refractivity contribution in [3.63, 3.8) is 0 Å². The van der Waals surface area contributed by atoms with Crippen LogP contribution in [-0.4, -0.2) is 19.3 Å². The third kappa shape index (κ3) is 2.65. The number of nitrogens with one attached hydrogen (secondary N) is 1. The molecule has 1 heterocycles. The number of hydrogen-bond acceptors (Lipinski definition) is 3. The third-order valence-electron chi connectivity index (χ3n) is 2.68. The Balaban J connectivity index is 2.13. The summed E-state index contributed by atoms with van der Waals surface area (Å²) >= 11 is 3.25. The molecule has 3 nitrogen and oxygen atoms in total. The highest BCUT2D eigenvalue weighted by molar-refractivity contribution is 9.10. The molecule has 0 amide bonds. The van der Waals surface area contributed by atoms with Crippen LogP contribution in [0.15, 0.2) is 16.6 Å². The number of ether oxygens (including phenoxy) is 1. The van der Waals surface area contributed by atoms with Gasteiger partial charge < -0.3 is 15.8 Å². The van der Waals surface area contributed by atoms with E-state index in [9.17, 15) is 4.39 Å². The molecule has 5 heteroatoms. The summed E-state index contributed by atoms with van der Waals surface area (Å²) in [5.41, 5.74) is 6.51. The Labute approximate surface area is 102 Å². The molecule has 2 rings (SSSR count). The number of halogens is 2. The Morgan fingerprint density at radius 1 is 1.38 bits per heavy atom. The molecule has 0 aliphatic carbocycles. The van der Waals surface area contributed by atoms with Gasteiger partial charge in [0.25, 0.3) is 0 Å². The summed E-state index contributed by atoms with van der Waals surface area (Å²) in [6, 6.07) is 3.48. The minimum Gasteiger partial charge on any atom is -0.395 e. The van der Waals surface area contributed by atoms with E-state index in [0.717, 1.165) is 26.1 Å². The molecule has 0 aromatic heterocycles. The van der Waals surface area contributed by atoms with Gasteiger partial charge in [-0.2, -0.15) is 0 Å². The topological polar surface area (TPSA) is 47.3 Å². The van der Waals surface area contributed by atoms with Crippen LogP contribution in [0.5, 0.6) is 0 Å². The predicted octanol–water partition coefficient (Wildman–Crippen LogP) is 2.76. The first-order valence-corrected chi connectivity index (χ1v) is 6.05. The zero-order valence-electron chi connectivity index (χ0n) is 8.80. The van der Waals surface area contributed by atoms with Gasteiger partial charge in [-0.25, -0.2) is 4.39 Å². The summed E-state index contributed by atoms with van der Waals surface area (Å²) < 4.78 is 19.3. The third-order valence-corrected chi connectivity index (χ3v) is 3.13. The van der Waals surface area contributed by atoms with E-state index in [2.05, 4.69) is 21.2 Å². The zero-order chi connectivity index (χ0) is 11.5. The average molecular weight is 289 g/mol. The maximum absolute atomic E-state index is 13.4. The van der Waals surface area contributed by atoms with Crippen molar-refractivity contribution < 1.29 is 9.13 Å². The minimum absolute atomic E-state index is 0.176. The van der Waals surface area contributed by atoms with Crippen LogP contribution in [0.4, 0.5) is 15.8 Å². The van der Waals surface area contributed by atoms with Crippen LogP contribution < -0.4 is 11.1 Å². The summed E-state index contributed by atoms with van der Waals surface area (Å²) in [4.78, 5) is 0. The molecule has 88 valence electrons. The lowest BCUT2D eigenvalue weighted by atomic mass is 10.1. The minimum atomic E-state index is -0.399. The van der Waals surface area contributed by atoms with E-state index in [4.69, 9.17) is 10.5 Å². The van der Waals surface area contributed by atoms with Gasteiger partial charge in [0, 0.05) is 23.7 Å². The molecule has 0 atom stereocenters. The fourth-order valence-corrected chi connectivity index (χ4v) is 2.20. The van der Waals surface area contributed by atoms with Gasteiger partial charge in [0.2, 0.25) is 0 Å². The molecule has 0 unspecified atom stereocenters. The van der Waals surface area contributed by atoms with Crippen LogP contribution in [0.3, 0.4) is 0 Å². The number of nitrogens with two attached hydrogens (primary N) is 1. The second-order valence-electron chi connectivity index (χ2n) is 3.88. The summed E-state index contributed by atoms with van der Waals surface area (Å²) in [6.45, 7) is 1.49. The zero-order valence-corrected chi connectivity index (χ0v) is 10.4. The van der Waals surface area contributed by atoms with Crippen molar-refractivity contribution in [2.75, 3.05) is 24.3 Å². The quantitative estimate of drug-likeness (QED) is 0.823. The van der Waals surface area contributed by atoms with Gasteiger partial charge in [0.1, 0.15) is 5.82 Å². The summed E-state index contributed by atoms with van der Waals surface area (Å²) in [5, 5.41) is 3.26. The largest absolute Gasteiger partial charge is 0.395 e. The predicted molar refractivity (Wildman–Crippen MR) is 66.0 cm³/mol. The molecular weight excluding hydrogens is 275 g/mol. The second-order valence-corrected chi connectivity index (χ2v) is 4.80. The summed E-state index contributed by atoms with van der Waals surface area (Å²) in [7, 11) is 0. The van der Waals surface area contributed by atoms with Gasteiger partial charge in [-0.05, 0) is 25.0 Å². The van der Waals surface area contributed by atoms with Crippen LogP contribution in [0.25, 0.3) is 0 Å². The van der Waals surface area contributed by atoms with E-state index in [0.29, 0.717) is 16.2 Å². The molecule has 1 fully saturated rings. The highest BCUT2D eigenvalue weighted by Gasteiger charge is 2.15. The van der Waals surface area contributed by atoms with E-state index < -0.39 is 5.82 Å². The molecule has 0 spiro atoms. The van der Waals surface area contributed by atoms with Gasteiger partial charge in [0.05, 0.1) is 11.4 Å². The monoisotopic (exact) mass is 288 g/mol. The maximum Gasteiger partial charge on any atom is 0.149 e. The Hall–Kier alpha value is -0.810. The number of hydrogen-bond donors (Lipinski definition) is 2. The molecule has 1 aromatic rings. The van der Waals surface area contributed by atoms with Gasteiger partial charge in [-0.1, -0.05) is 15.9 Å². The van der Waals surface area contributed by atoms with Gasteiger partial charge >= 0.3 is 0 Å². The van der Waals surface area contributed by atoms with Crippen molar-refractivity contribution in [1.29, 1.82) is 0 Å². The Morgan fingerprint density at radius 3 is 2.75 bits per heavy atom. The van der Waals surface area contributed by atoms with Gasteiger partial charge in [0.15, 0.2) is 0 Å². The molecular formula is C11H14BrFN2O. The number of rotatable bonds is 2. The first-order valence-electron chi connectivity index (χ1n) is 5.25. The van der Waals surface area contributed by atoms with Crippen molar-refractivity contribution in [2.24, 2.45) is 0 Å². The van der Waals surface area contributed by atoms with E-state index in [-0.39, 0.29) is 5.69 Å². The first kappa shape index (κ1) is 11.7. The number of benzene rings is 1. The molecule has 1 aliphatic rings. The smallest absolute Gasteiger partial charge is 0.149 e. The lowest BCUT2D eigenvalue weighted by Gasteiger charge is -2.25. The van der Waals surface area contributed by atoms with E-state index in [1.165, 1.54) is 6.07 Å². The molecule has 16 heavy (non-hydrogen) atoms. The fraction of sp³-hybridized carbons (Fsp3) is 0.455. The van der Waals surface area contributed by atoms with E-state index >= 15 is 0 Å². The van der Waals surface area contributed by atoms with Gasteiger partial charge in [-0.3, -0.25) is 0 Å². The summed E-state index contributed by atoms with van der Waals surface area (Å²) in [6.07, 6.45) is 1.85. The normalized spacial score (nSPS) is 17.4. The van der Waals surface area contributed by atoms with Crippen LogP contribution >= 0.6 is 15.9 Å². The Morgan fingerprint density at radius 2 is 2.06 bits per heavy atom. The highest BCUT2D eigenvalue weighted by Crippen LogP contribution is 2.28. The lowest BCUT2D eigenvalue weighted by Crippen LogP contribution is -2.28. The SMILES string of the molecule is Nc1c(F)cc(Br)cc1NC1CCOCC1. The highest BCUT2D eigenvalue weighted by atomic mass is 79.9. The molecule has 0 radical (unpaired) electrons. The molecule has 0 bridgehead atoms. The number of nitrogen functional groups attached to an aromatic ring is 1. The molecule has 1 aliphatic heterocycles. The molecule has 1 aromatic carbocycles. The average Bonchev–Trinajstić information content (AvgIpc) is 2.27. The van der Waals surface area contributed by atoms with E-state index in [1.807, 2.05) is 0 Å². The van der Waals surface area contributed by atoms with Crippen LogP contribution in [-0.2, 0) is 4.74 Å². The van der Waals surface area contributed by atoms with Crippen molar-refractivity contribution in [1.82, 2.24) is 0 Å². The van der Waals surface area contributed by atoms with Crippen molar-refractivity contribution >= 4 is 27.3 Å². The van der Waals surface area contributed by atoms with Crippen LogP contribution in [0.1, 0.15) is 12.8 Å². The summed E-state index contributed by atoms with van der Waals surface area (Å²) in [5.74, 6) is -0.399. The first-order chi connectivity index (χ1) is 7.66. The fourth-order valence-electron chi connectivity index (χ4n) is 1.77. The Bertz CT molecular complexity index is 380. The maximum atomic E-state index is 13.4. The van der Waals surface area contributed by atoms with Crippen LogP contribution in [0.2, 0.25) is 0 Å². The lowest BCUT2D eigenvalue weighted by molar-refractivity contribution is 0.0904. The van der Waals surface area contributed by atoms with Crippen molar-refractivity contribution in [2.45, 2.75) is 18.9 Å². The number of anilines is 2. The van der Waals surface area contributed by atoms with E-state index in [1.54, 1.807) is 6.07 Å². The standard InChI is InChI=1S/C11H14BrFN2O/c12-7-5-9(13)11(14)10(6-7)15-8-1-3-16-4-2-8/h5-6,8,15H,1-4,14H2. The molecule has 1 saturated heterocycles. The van der Waals surface area contributed by atoms with Crippen molar-refractivity contribution in [3.05, 3.63) is 22.4 Å². The van der Waals surface area contributed by atoms with Crippen LogP contribution in [0, 0.1) is 5.82 Å². The molecule has 3 N–H and O–H groups in total.